The fraction of sp³-hybridized carbons (Fsp3) is 0. The number of carbonyl (C=O) groups excluding carboxylic acids is 1. The second kappa shape index (κ2) is 5.74. The summed E-state index contributed by atoms with van der Waals surface area (Å²) < 4.78 is 0.925. The van der Waals surface area contributed by atoms with Gasteiger partial charge in [-0.2, -0.15) is 0 Å². The molecule has 0 aliphatic carbocycles. The number of hydrogen-bond acceptors (Lipinski definition) is 1. The molecule has 0 bridgehead atoms. The first-order chi connectivity index (χ1) is 8.56. The molecule has 2 aromatic rings. The molecule has 0 saturated heterocycles. The first-order valence-electron chi connectivity index (χ1n) is 5.08. The Bertz CT molecular complexity index is 584. The van der Waals surface area contributed by atoms with Crippen molar-refractivity contribution in [3.8, 4) is 0 Å². The van der Waals surface area contributed by atoms with Crippen LogP contribution in [0.3, 0.4) is 0 Å². The number of anilines is 1. The smallest absolute Gasteiger partial charge is 0.255 e. The van der Waals surface area contributed by atoms with E-state index in [-0.39, 0.29) is 5.91 Å². The van der Waals surface area contributed by atoms with Gasteiger partial charge in [-0.05, 0) is 42.5 Å². The molecule has 0 aromatic heterocycles. The Balaban J connectivity index is 2.16. The molecule has 18 heavy (non-hydrogen) atoms. The van der Waals surface area contributed by atoms with Gasteiger partial charge >= 0.3 is 0 Å². The Morgan fingerprint density at radius 1 is 1.00 bits per heavy atom. The molecule has 0 unspecified atom stereocenters. The van der Waals surface area contributed by atoms with Gasteiger partial charge in [0.1, 0.15) is 0 Å². The molecule has 2 aromatic carbocycles. The topological polar surface area (TPSA) is 29.1 Å². The highest BCUT2D eigenvalue weighted by Gasteiger charge is 2.07. The summed E-state index contributed by atoms with van der Waals surface area (Å²) in [7, 11) is 0. The van der Waals surface area contributed by atoms with Crippen LogP contribution in [0.5, 0.6) is 0 Å². The molecule has 0 aliphatic heterocycles. The zero-order chi connectivity index (χ0) is 13.1. The van der Waals surface area contributed by atoms with E-state index in [1.807, 2.05) is 12.1 Å². The van der Waals surface area contributed by atoms with Gasteiger partial charge < -0.3 is 5.32 Å². The Hall–Kier alpha value is -1.03. The van der Waals surface area contributed by atoms with E-state index in [0.29, 0.717) is 21.3 Å². The maximum Gasteiger partial charge on any atom is 0.255 e. The lowest BCUT2D eigenvalue weighted by Crippen LogP contribution is -2.11. The molecule has 0 spiro atoms. The van der Waals surface area contributed by atoms with Crippen LogP contribution in [-0.2, 0) is 0 Å². The molecule has 2 nitrogen and oxygen atoms in total. The first-order valence-corrected chi connectivity index (χ1v) is 6.63. The summed E-state index contributed by atoms with van der Waals surface area (Å²) in [4.78, 5) is 11.9. The average molecular weight is 345 g/mol. The summed E-state index contributed by atoms with van der Waals surface area (Å²) >= 11 is 15.0. The minimum absolute atomic E-state index is 0.194. The molecule has 0 heterocycles. The largest absolute Gasteiger partial charge is 0.322 e. The van der Waals surface area contributed by atoms with Gasteiger partial charge in [0.2, 0.25) is 0 Å². The third-order valence-corrected chi connectivity index (χ3v) is 3.55. The van der Waals surface area contributed by atoms with E-state index in [9.17, 15) is 4.79 Å². The van der Waals surface area contributed by atoms with Crippen molar-refractivity contribution in [3.63, 3.8) is 0 Å². The fourth-order valence-corrected chi connectivity index (χ4v) is 1.94. The van der Waals surface area contributed by atoms with Crippen LogP contribution in [0, 0.1) is 0 Å². The zero-order valence-electron chi connectivity index (χ0n) is 9.08. The number of halogens is 3. The standard InChI is InChI=1S/C13H8BrCl2NO/c14-9-3-1-8(2-4-9)13(18)17-10-5-6-11(15)12(16)7-10/h1-7H,(H,17,18). The van der Waals surface area contributed by atoms with Crippen LogP contribution in [0.25, 0.3) is 0 Å². The maximum atomic E-state index is 11.9. The molecular weight excluding hydrogens is 337 g/mol. The van der Waals surface area contributed by atoms with Gasteiger partial charge in [0, 0.05) is 15.7 Å². The normalized spacial score (nSPS) is 10.2. The van der Waals surface area contributed by atoms with E-state index in [2.05, 4.69) is 21.2 Å². The molecule has 0 radical (unpaired) electrons. The van der Waals surface area contributed by atoms with Gasteiger partial charge in [-0.15, -0.1) is 0 Å². The fourth-order valence-electron chi connectivity index (χ4n) is 1.38. The van der Waals surface area contributed by atoms with E-state index >= 15 is 0 Å². The minimum Gasteiger partial charge on any atom is -0.322 e. The number of amides is 1. The van der Waals surface area contributed by atoms with E-state index in [1.165, 1.54) is 0 Å². The Morgan fingerprint density at radius 2 is 1.67 bits per heavy atom. The van der Waals surface area contributed by atoms with Crippen molar-refractivity contribution >= 4 is 50.7 Å². The predicted octanol–water partition coefficient (Wildman–Crippen LogP) is 5.01. The maximum absolute atomic E-state index is 11.9. The van der Waals surface area contributed by atoms with Crippen molar-refractivity contribution in [1.29, 1.82) is 0 Å². The monoisotopic (exact) mass is 343 g/mol. The third-order valence-electron chi connectivity index (χ3n) is 2.28. The Morgan fingerprint density at radius 3 is 2.28 bits per heavy atom. The SMILES string of the molecule is O=C(Nc1ccc(Cl)c(Cl)c1)c1ccc(Br)cc1. The van der Waals surface area contributed by atoms with Gasteiger partial charge in [-0.1, -0.05) is 39.1 Å². The van der Waals surface area contributed by atoms with Crippen molar-refractivity contribution in [2.45, 2.75) is 0 Å². The number of benzene rings is 2. The summed E-state index contributed by atoms with van der Waals surface area (Å²) in [6, 6.07) is 12.0. The van der Waals surface area contributed by atoms with E-state index in [1.54, 1.807) is 30.3 Å². The quantitative estimate of drug-likeness (QED) is 0.815. The van der Waals surface area contributed by atoms with E-state index < -0.39 is 0 Å². The van der Waals surface area contributed by atoms with Crippen molar-refractivity contribution in [2.24, 2.45) is 0 Å². The summed E-state index contributed by atoms with van der Waals surface area (Å²) in [6.07, 6.45) is 0. The third kappa shape index (κ3) is 3.25. The molecule has 0 fully saturated rings. The van der Waals surface area contributed by atoms with Crippen molar-refractivity contribution < 1.29 is 4.79 Å². The molecule has 0 aliphatic rings. The minimum atomic E-state index is -0.194. The summed E-state index contributed by atoms with van der Waals surface area (Å²) in [5.41, 5.74) is 1.18. The number of nitrogens with one attached hydrogen (secondary N) is 1. The number of rotatable bonds is 2. The van der Waals surface area contributed by atoms with Gasteiger partial charge in [0.15, 0.2) is 0 Å². The van der Waals surface area contributed by atoms with Crippen molar-refractivity contribution in [3.05, 3.63) is 62.5 Å². The molecule has 0 saturated carbocycles. The zero-order valence-corrected chi connectivity index (χ0v) is 12.2. The van der Waals surface area contributed by atoms with E-state index in [0.717, 1.165) is 4.47 Å². The van der Waals surface area contributed by atoms with Gasteiger partial charge in [-0.25, -0.2) is 0 Å². The number of hydrogen-bond donors (Lipinski definition) is 1. The molecule has 0 atom stereocenters. The van der Waals surface area contributed by atoms with Gasteiger partial charge in [0.25, 0.3) is 5.91 Å². The number of carbonyl (C=O) groups is 1. The van der Waals surface area contributed by atoms with Gasteiger partial charge in [0.05, 0.1) is 10.0 Å². The van der Waals surface area contributed by atoms with Crippen LogP contribution < -0.4 is 5.32 Å². The van der Waals surface area contributed by atoms with Crippen LogP contribution in [0.15, 0.2) is 46.9 Å². The highest BCUT2D eigenvalue weighted by molar-refractivity contribution is 9.10. The highest BCUT2D eigenvalue weighted by Crippen LogP contribution is 2.25. The molecule has 1 amide bonds. The second-order valence-electron chi connectivity index (χ2n) is 3.59. The van der Waals surface area contributed by atoms with Crippen LogP contribution in [0.4, 0.5) is 5.69 Å². The summed E-state index contributed by atoms with van der Waals surface area (Å²) in [6.45, 7) is 0. The average Bonchev–Trinajstić information content (AvgIpc) is 2.34. The lowest BCUT2D eigenvalue weighted by molar-refractivity contribution is 0.102. The molecule has 5 heteroatoms. The van der Waals surface area contributed by atoms with Gasteiger partial charge in [-0.3, -0.25) is 4.79 Å². The van der Waals surface area contributed by atoms with Crippen LogP contribution in [0.2, 0.25) is 10.0 Å². The lowest BCUT2D eigenvalue weighted by atomic mass is 10.2. The van der Waals surface area contributed by atoms with Crippen LogP contribution in [-0.4, -0.2) is 5.91 Å². The molecular formula is C13H8BrCl2NO. The van der Waals surface area contributed by atoms with Crippen LogP contribution in [0.1, 0.15) is 10.4 Å². The first kappa shape index (κ1) is 13.4. The van der Waals surface area contributed by atoms with E-state index in [4.69, 9.17) is 23.2 Å². The van der Waals surface area contributed by atoms with Crippen molar-refractivity contribution in [1.82, 2.24) is 0 Å². The second-order valence-corrected chi connectivity index (χ2v) is 5.32. The van der Waals surface area contributed by atoms with Crippen LogP contribution >= 0.6 is 39.1 Å². The highest BCUT2D eigenvalue weighted by atomic mass is 79.9. The van der Waals surface area contributed by atoms with Crippen molar-refractivity contribution in [2.75, 3.05) is 5.32 Å². The lowest BCUT2D eigenvalue weighted by Gasteiger charge is -2.06. The molecule has 2 rings (SSSR count). The summed E-state index contributed by atoms with van der Waals surface area (Å²) in [5, 5.41) is 3.61. The molecule has 1 N–H and O–H groups in total. The molecule has 92 valence electrons. The Kier molecular flexibility index (Phi) is 4.27. The predicted molar refractivity (Wildman–Crippen MR) is 78.6 cm³/mol. The summed E-state index contributed by atoms with van der Waals surface area (Å²) in [5.74, 6) is -0.194. The Labute approximate surface area is 123 Å².